The first-order chi connectivity index (χ1) is 10.9. The predicted octanol–water partition coefficient (Wildman–Crippen LogP) is 0.848. The lowest BCUT2D eigenvalue weighted by atomic mass is 10.2. The SMILES string of the molecule is O=C(CC[n+]1ccc(-c2cnccn2)cn1)OC(=O)C(F)(F)F. The number of halogens is 3. The molecule has 0 atom stereocenters. The number of hydrogen-bond acceptors (Lipinski definition) is 6. The Hall–Kier alpha value is -2.91. The lowest BCUT2D eigenvalue weighted by molar-refractivity contribution is -0.752. The topological polar surface area (TPSA) is 85.9 Å². The fraction of sp³-hybridized carbons (Fsp3) is 0.231. The van der Waals surface area contributed by atoms with Crippen LogP contribution in [0.4, 0.5) is 13.2 Å². The van der Waals surface area contributed by atoms with Gasteiger partial charge in [0.15, 0.2) is 12.7 Å². The van der Waals surface area contributed by atoms with Crippen LogP contribution < -0.4 is 4.68 Å². The van der Waals surface area contributed by atoms with Gasteiger partial charge in [-0.1, -0.05) is 4.68 Å². The van der Waals surface area contributed by atoms with Crippen LogP contribution in [0.15, 0.2) is 37.1 Å². The van der Waals surface area contributed by atoms with Gasteiger partial charge in [0.25, 0.3) is 0 Å². The zero-order valence-electron chi connectivity index (χ0n) is 11.5. The standard InChI is InChI=1S/C13H10F3N4O3/c14-13(15,16)12(22)23-11(21)2-6-20-5-1-9(7-19-20)10-8-17-3-4-18-10/h1,3-5,7-8H,2,6H2/q+1. The van der Waals surface area contributed by atoms with E-state index in [1.165, 1.54) is 29.5 Å². The molecule has 0 aliphatic heterocycles. The second kappa shape index (κ2) is 6.90. The summed E-state index contributed by atoms with van der Waals surface area (Å²) in [5.41, 5.74) is 1.28. The summed E-state index contributed by atoms with van der Waals surface area (Å²) in [5, 5.41) is 3.99. The molecular formula is C13H10F3N4O3+. The summed E-state index contributed by atoms with van der Waals surface area (Å²) in [7, 11) is 0. The van der Waals surface area contributed by atoms with E-state index < -0.39 is 24.5 Å². The zero-order valence-corrected chi connectivity index (χ0v) is 11.5. The van der Waals surface area contributed by atoms with Crippen molar-refractivity contribution in [2.24, 2.45) is 0 Å². The van der Waals surface area contributed by atoms with E-state index in [2.05, 4.69) is 19.8 Å². The van der Waals surface area contributed by atoms with E-state index in [9.17, 15) is 22.8 Å². The number of hydrogen-bond donors (Lipinski definition) is 0. The molecule has 7 nitrogen and oxygen atoms in total. The fourth-order valence-electron chi connectivity index (χ4n) is 1.53. The van der Waals surface area contributed by atoms with Crippen molar-refractivity contribution in [3.8, 4) is 11.3 Å². The third-order valence-electron chi connectivity index (χ3n) is 2.61. The summed E-state index contributed by atoms with van der Waals surface area (Å²) in [4.78, 5) is 29.6. The van der Waals surface area contributed by atoms with E-state index >= 15 is 0 Å². The largest absolute Gasteiger partial charge is 0.491 e. The van der Waals surface area contributed by atoms with E-state index in [1.807, 2.05) is 0 Å². The Labute approximate surface area is 127 Å². The van der Waals surface area contributed by atoms with Crippen LogP contribution in [0.3, 0.4) is 0 Å². The van der Waals surface area contributed by atoms with Gasteiger partial charge in [-0.15, -0.1) is 0 Å². The third kappa shape index (κ3) is 4.80. The van der Waals surface area contributed by atoms with Gasteiger partial charge in [-0.05, 0) is 5.10 Å². The van der Waals surface area contributed by atoms with Gasteiger partial charge >= 0.3 is 18.1 Å². The van der Waals surface area contributed by atoms with E-state index in [0.717, 1.165) is 0 Å². The van der Waals surface area contributed by atoms with Crippen LogP contribution in [0.1, 0.15) is 6.42 Å². The Morgan fingerprint density at radius 3 is 2.57 bits per heavy atom. The minimum Gasteiger partial charge on any atom is -0.386 e. The van der Waals surface area contributed by atoms with E-state index in [4.69, 9.17) is 0 Å². The maximum absolute atomic E-state index is 11.9. The Morgan fingerprint density at radius 2 is 2.00 bits per heavy atom. The number of carbonyl (C=O) groups excluding carboxylic acids is 2. The molecular weight excluding hydrogens is 317 g/mol. The molecule has 10 heteroatoms. The maximum atomic E-state index is 11.9. The van der Waals surface area contributed by atoms with Crippen LogP contribution >= 0.6 is 0 Å². The number of alkyl halides is 3. The van der Waals surface area contributed by atoms with Gasteiger partial charge < -0.3 is 4.74 Å². The molecule has 0 spiro atoms. The molecule has 2 rings (SSSR count). The molecule has 23 heavy (non-hydrogen) atoms. The average molecular weight is 327 g/mol. The maximum Gasteiger partial charge on any atom is 0.491 e. The normalized spacial score (nSPS) is 11.1. The smallest absolute Gasteiger partial charge is 0.386 e. The van der Waals surface area contributed by atoms with Gasteiger partial charge in [0.1, 0.15) is 12.6 Å². The summed E-state index contributed by atoms with van der Waals surface area (Å²) in [6.45, 7) is -0.0370. The van der Waals surface area contributed by atoms with E-state index in [-0.39, 0.29) is 6.54 Å². The van der Waals surface area contributed by atoms with Crippen molar-refractivity contribution in [2.45, 2.75) is 19.1 Å². The quantitative estimate of drug-likeness (QED) is 0.470. The van der Waals surface area contributed by atoms with Crippen molar-refractivity contribution in [3.63, 3.8) is 0 Å². The van der Waals surface area contributed by atoms with Gasteiger partial charge in [0, 0.05) is 24.0 Å². The van der Waals surface area contributed by atoms with Crippen molar-refractivity contribution >= 4 is 11.9 Å². The van der Waals surface area contributed by atoms with Crippen LogP contribution in [0.2, 0.25) is 0 Å². The van der Waals surface area contributed by atoms with Crippen LogP contribution in [0.5, 0.6) is 0 Å². The highest BCUT2D eigenvalue weighted by Crippen LogP contribution is 2.16. The first-order valence-electron chi connectivity index (χ1n) is 6.30. The molecule has 0 aliphatic carbocycles. The van der Waals surface area contributed by atoms with Crippen molar-refractivity contribution in [2.75, 3.05) is 0 Å². The van der Waals surface area contributed by atoms with Crippen molar-refractivity contribution in [1.82, 2.24) is 15.1 Å². The molecule has 0 saturated carbocycles. The Kier molecular flexibility index (Phi) is 4.94. The Morgan fingerprint density at radius 1 is 1.22 bits per heavy atom. The van der Waals surface area contributed by atoms with Gasteiger partial charge in [-0.25, -0.2) is 4.79 Å². The minimum absolute atomic E-state index is 0.0370. The van der Waals surface area contributed by atoms with Crippen LogP contribution in [-0.4, -0.2) is 33.2 Å². The lowest BCUT2D eigenvalue weighted by Crippen LogP contribution is -2.39. The molecule has 0 bridgehead atoms. The zero-order chi connectivity index (χ0) is 16.9. The van der Waals surface area contributed by atoms with Crippen molar-refractivity contribution < 1.29 is 32.2 Å². The number of nitrogens with zero attached hydrogens (tertiary/aromatic N) is 4. The highest BCUT2D eigenvalue weighted by Gasteiger charge is 2.42. The molecule has 0 fully saturated rings. The minimum atomic E-state index is -5.20. The molecule has 0 amide bonds. The number of ether oxygens (including phenoxy) is 1. The lowest BCUT2D eigenvalue weighted by Gasteiger charge is -2.04. The highest BCUT2D eigenvalue weighted by atomic mass is 19.4. The van der Waals surface area contributed by atoms with Gasteiger partial charge in [0.05, 0.1) is 11.9 Å². The Bertz CT molecular complexity index is 690. The Balaban J connectivity index is 1.89. The molecule has 0 N–H and O–H groups in total. The molecule has 2 aromatic rings. The monoisotopic (exact) mass is 327 g/mol. The van der Waals surface area contributed by atoms with Crippen LogP contribution in [0.25, 0.3) is 11.3 Å². The van der Waals surface area contributed by atoms with Crippen molar-refractivity contribution in [1.29, 1.82) is 0 Å². The van der Waals surface area contributed by atoms with Crippen LogP contribution in [0, 0.1) is 0 Å². The molecule has 0 unspecified atom stereocenters. The molecule has 2 heterocycles. The summed E-state index contributed by atoms with van der Waals surface area (Å²) in [6, 6.07) is 1.66. The fourth-order valence-corrected chi connectivity index (χ4v) is 1.53. The predicted molar refractivity (Wildman–Crippen MR) is 67.2 cm³/mol. The number of carbonyl (C=O) groups is 2. The second-order valence-corrected chi connectivity index (χ2v) is 4.28. The van der Waals surface area contributed by atoms with Gasteiger partial charge in [-0.3, -0.25) is 14.8 Å². The molecule has 0 aromatic carbocycles. The van der Waals surface area contributed by atoms with E-state index in [0.29, 0.717) is 11.3 Å². The first-order valence-corrected chi connectivity index (χ1v) is 6.30. The molecule has 2 aromatic heterocycles. The summed E-state index contributed by atoms with van der Waals surface area (Å²) in [5.74, 6) is -3.81. The summed E-state index contributed by atoms with van der Waals surface area (Å²) in [6.07, 6.45) is 1.95. The first kappa shape index (κ1) is 16.5. The highest BCUT2D eigenvalue weighted by molar-refractivity contribution is 5.88. The van der Waals surface area contributed by atoms with Crippen LogP contribution in [-0.2, 0) is 20.9 Å². The molecule has 0 radical (unpaired) electrons. The average Bonchev–Trinajstić information content (AvgIpc) is 2.53. The number of esters is 2. The number of aryl methyl sites for hydroxylation is 1. The van der Waals surface area contributed by atoms with Crippen molar-refractivity contribution in [3.05, 3.63) is 37.1 Å². The second-order valence-electron chi connectivity index (χ2n) is 4.28. The third-order valence-corrected chi connectivity index (χ3v) is 2.61. The summed E-state index contributed by atoms with van der Waals surface area (Å²) >= 11 is 0. The molecule has 120 valence electrons. The van der Waals surface area contributed by atoms with Gasteiger partial charge in [0.2, 0.25) is 0 Å². The van der Waals surface area contributed by atoms with Gasteiger partial charge in [-0.2, -0.15) is 13.2 Å². The number of aromatic nitrogens is 4. The molecule has 0 aliphatic rings. The summed E-state index contributed by atoms with van der Waals surface area (Å²) < 4.78 is 40.8. The molecule has 0 saturated heterocycles. The van der Waals surface area contributed by atoms with E-state index in [1.54, 1.807) is 12.3 Å². The number of rotatable bonds is 4.